The third kappa shape index (κ3) is 4.46. The van der Waals surface area contributed by atoms with Crippen molar-refractivity contribution in [1.82, 2.24) is 0 Å². The van der Waals surface area contributed by atoms with Gasteiger partial charge in [0, 0.05) is 10.6 Å². The molecule has 0 fully saturated rings. The molecule has 2 amide bonds. The van der Waals surface area contributed by atoms with E-state index in [1.807, 2.05) is 37.3 Å². The Kier molecular flexibility index (Phi) is 6.04. The van der Waals surface area contributed by atoms with Gasteiger partial charge in [0.25, 0.3) is 11.8 Å². The third-order valence-electron chi connectivity index (χ3n) is 4.52. The van der Waals surface area contributed by atoms with Crippen molar-refractivity contribution in [3.05, 3.63) is 95.3 Å². The molecule has 4 rings (SSSR count). The zero-order chi connectivity index (χ0) is 21.8. The number of anilines is 2. The number of amides is 2. The molecule has 1 aliphatic rings. The topological polar surface area (TPSA) is 58.6 Å². The van der Waals surface area contributed by atoms with Gasteiger partial charge in [-0.1, -0.05) is 30.0 Å². The highest BCUT2D eigenvalue weighted by atomic mass is 32.2. The Bertz CT molecular complexity index is 1130. The van der Waals surface area contributed by atoms with Crippen molar-refractivity contribution >= 4 is 35.0 Å². The van der Waals surface area contributed by atoms with E-state index in [9.17, 15) is 14.0 Å². The zero-order valence-electron chi connectivity index (χ0n) is 16.7. The Morgan fingerprint density at radius 3 is 2.23 bits per heavy atom. The van der Waals surface area contributed by atoms with Crippen LogP contribution in [0, 0.1) is 5.82 Å². The van der Waals surface area contributed by atoms with E-state index in [4.69, 9.17) is 4.74 Å². The van der Waals surface area contributed by atoms with Gasteiger partial charge < -0.3 is 10.1 Å². The molecule has 0 aromatic heterocycles. The number of carbonyl (C=O) groups excluding carboxylic acids is 2. The minimum atomic E-state index is -0.496. The van der Waals surface area contributed by atoms with Crippen LogP contribution in [0.5, 0.6) is 5.75 Å². The summed E-state index contributed by atoms with van der Waals surface area (Å²) in [7, 11) is 0. The van der Waals surface area contributed by atoms with Gasteiger partial charge in [-0.25, -0.2) is 9.29 Å². The number of nitrogens with one attached hydrogen (secondary N) is 1. The lowest BCUT2D eigenvalue weighted by Gasteiger charge is -2.15. The number of nitrogens with zero attached hydrogens (tertiary/aromatic N) is 1. The van der Waals surface area contributed by atoms with Crippen LogP contribution in [0.15, 0.2) is 94.4 Å². The van der Waals surface area contributed by atoms with Gasteiger partial charge in [0.2, 0.25) is 0 Å². The van der Waals surface area contributed by atoms with Crippen LogP contribution >= 0.6 is 11.8 Å². The Balaban J connectivity index is 1.69. The van der Waals surface area contributed by atoms with E-state index in [0.29, 0.717) is 23.7 Å². The normalized spacial score (nSPS) is 13.7. The molecule has 31 heavy (non-hydrogen) atoms. The molecule has 0 aliphatic carbocycles. The summed E-state index contributed by atoms with van der Waals surface area (Å²) < 4.78 is 18.8. The Morgan fingerprint density at radius 2 is 1.58 bits per heavy atom. The van der Waals surface area contributed by atoms with Crippen molar-refractivity contribution in [2.45, 2.75) is 11.8 Å². The molecule has 0 saturated heterocycles. The molecular formula is C24H19FN2O3S. The van der Waals surface area contributed by atoms with Gasteiger partial charge in [0.05, 0.1) is 12.3 Å². The van der Waals surface area contributed by atoms with E-state index in [1.54, 1.807) is 24.3 Å². The van der Waals surface area contributed by atoms with E-state index in [-0.39, 0.29) is 10.6 Å². The number of carbonyl (C=O) groups is 2. The van der Waals surface area contributed by atoms with Crippen molar-refractivity contribution in [2.75, 3.05) is 16.8 Å². The third-order valence-corrected chi connectivity index (χ3v) is 5.61. The highest BCUT2D eigenvalue weighted by Gasteiger charge is 2.40. The maximum atomic E-state index is 13.4. The molecule has 3 aromatic rings. The van der Waals surface area contributed by atoms with Gasteiger partial charge in [-0.2, -0.15) is 0 Å². The predicted octanol–water partition coefficient (Wildman–Crippen LogP) is 5.21. The van der Waals surface area contributed by atoms with Crippen LogP contribution in [0.25, 0.3) is 0 Å². The zero-order valence-corrected chi connectivity index (χ0v) is 17.5. The summed E-state index contributed by atoms with van der Waals surface area (Å²) in [6.45, 7) is 2.45. The lowest BCUT2D eigenvalue weighted by molar-refractivity contribution is -0.120. The number of hydrogen-bond acceptors (Lipinski definition) is 5. The molecule has 0 radical (unpaired) electrons. The maximum Gasteiger partial charge on any atom is 0.283 e. The second-order valence-electron chi connectivity index (χ2n) is 6.62. The van der Waals surface area contributed by atoms with Crippen LogP contribution in [-0.4, -0.2) is 18.4 Å². The molecule has 3 aromatic carbocycles. The monoisotopic (exact) mass is 434 g/mol. The number of hydrogen-bond donors (Lipinski definition) is 1. The smallest absolute Gasteiger partial charge is 0.283 e. The van der Waals surface area contributed by atoms with Crippen LogP contribution in [0.3, 0.4) is 0 Å². The van der Waals surface area contributed by atoms with Crippen LogP contribution in [-0.2, 0) is 9.59 Å². The summed E-state index contributed by atoms with van der Waals surface area (Å²) in [6, 6.07) is 21.7. The molecule has 7 heteroatoms. The van der Waals surface area contributed by atoms with Gasteiger partial charge in [-0.15, -0.1) is 0 Å². The first-order valence-electron chi connectivity index (χ1n) is 9.68. The summed E-state index contributed by atoms with van der Waals surface area (Å²) in [5.74, 6) is -0.687. The van der Waals surface area contributed by atoms with E-state index < -0.39 is 17.6 Å². The van der Waals surface area contributed by atoms with Crippen LogP contribution < -0.4 is 15.0 Å². The number of imide groups is 1. The number of benzene rings is 3. The summed E-state index contributed by atoms with van der Waals surface area (Å²) in [6.07, 6.45) is 0. The second kappa shape index (κ2) is 9.06. The fraction of sp³-hybridized carbons (Fsp3) is 0.0833. The van der Waals surface area contributed by atoms with Crippen LogP contribution in [0.2, 0.25) is 0 Å². The van der Waals surface area contributed by atoms with E-state index in [1.165, 1.54) is 36.0 Å². The fourth-order valence-corrected chi connectivity index (χ4v) is 4.04. The first-order valence-corrected chi connectivity index (χ1v) is 10.5. The maximum absolute atomic E-state index is 13.4. The number of halogens is 1. The summed E-state index contributed by atoms with van der Waals surface area (Å²) in [5.41, 5.74) is 1.13. The van der Waals surface area contributed by atoms with E-state index >= 15 is 0 Å². The van der Waals surface area contributed by atoms with Crippen molar-refractivity contribution in [3.8, 4) is 5.75 Å². The van der Waals surface area contributed by atoms with Crippen molar-refractivity contribution in [3.63, 3.8) is 0 Å². The highest BCUT2D eigenvalue weighted by molar-refractivity contribution is 8.04. The van der Waals surface area contributed by atoms with Crippen molar-refractivity contribution in [1.29, 1.82) is 0 Å². The molecule has 0 bridgehead atoms. The van der Waals surface area contributed by atoms with Gasteiger partial charge in [-0.3, -0.25) is 9.59 Å². The van der Waals surface area contributed by atoms with Crippen LogP contribution in [0.4, 0.5) is 15.8 Å². The lowest BCUT2D eigenvalue weighted by atomic mass is 10.2. The quantitative estimate of drug-likeness (QED) is 0.517. The molecule has 1 aliphatic heterocycles. The summed E-state index contributed by atoms with van der Waals surface area (Å²) >= 11 is 1.21. The molecular weight excluding hydrogens is 415 g/mol. The average molecular weight is 434 g/mol. The SMILES string of the molecule is CCOc1ccc(NC2=C(Sc3ccccc3)C(=O)N(c3ccc(F)cc3)C2=O)cc1. The number of thioether (sulfide) groups is 1. The highest BCUT2D eigenvalue weighted by Crippen LogP contribution is 2.37. The van der Waals surface area contributed by atoms with Crippen molar-refractivity contribution < 1.29 is 18.7 Å². The van der Waals surface area contributed by atoms with E-state index in [2.05, 4.69) is 5.32 Å². The van der Waals surface area contributed by atoms with Gasteiger partial charge >= 0.3 is 0 Å². The number of rotatable bonds is 7. The fourth-order valence-electron chi connectivity index (χ4n) is 3.09. The second-order valence-corrected chi connectivity index (χ2v) is 7.71. The van der Waals surface area contributed by atoms with Crippen molar-refractivity contribution in [2.24, 2.45) is 0 Å². The van der Waals surface area contributed by atoms with E-state index in [0.717, 1.165) is 9.80 Å². The molecule has 0 atom stereocenters. The first-order chi connectivity index (χ1) is 15.1. The first kappa shape index (κ1) is 20.7. The molecule has 156 valence electrons. The van der Waals surface area contributed by atoms with Gasteiger partial charge in [-0.05, 0) is 67.6 Å². The minimum absolute atomic E-state index is 0.173. The number of ether oxygens (including phenoxy) is 1. The van der Waals surface area contributed by atoms with Gasteiger partial charge in [0.15, 0.2) is 0 Å². The summed E-state index contributed by atoms with van der Waals surface area (Å²) in [5, 5.41) is 3.09. The largest absolute Gasteiger partial charge is 0.494 e. The molecule has 5 nitrogen and oxygen atoms in total. The average Bonchev–Trinajstić information content (AvgIpc) is 3.01. The lowest BCUT2D eigenvalue weighted by Crippen LogP contribution is -2.32. The molecule has 0 saturated carbocycles. The molecule has 0 unspecified atom stereocenters. The predicted molar refractivity (Wildman–Crippen MR) is 119 cm³/mol. The molecule has 1 N–H and O–H groups in total. The Morgan fingerprint density at radius 1 is 0.903 bits per heavy atom. The van der Waals surface area contributed by atoms with Crippen LogP contribution in [0.1, 0.15) is 6.92 Å². The minimum Gasteiger partial charge on any atom is -0.494 e. The summed E-state index contributed by atoms with van der Waals surface area (Å²) in [4.78, 5) is 28.6. The molecule has 1 heterocycles. The van der Waals surface area contributed by atoms with Gasteiger partial charge in [0.1, 0.15) is 22.2 Å². The standard InChI is InChI=1S/C24H19FN2O3S/c1-2-30-19-14-10-17(11-15-19)26-21-22(31-20-6-4-3-5-7-20)24(29)27(23(21)28)18-12-8-16(25)9-13-18/h3-15,26H,2H2,1H3. The Labute approximate surface area is 183 Å². The Hall–Kier alpha value is -3.58. The molecule has 0 spiro atoms.